The number of hydrogen-bond acceptors (Lipinski definition) is 3. The van der Waals surface area contributed by atoms with E-state index in [2.05, 4.69) is 18.7 Å². The lowest BCUT2D eigenvalue weighted by Crippen LogP contribution is -2.51. The van der Waals surface area contributed by atoms with Gasteiger partial charge in [0.2, 0.25) is 5.91 Å². The van der Waals surface area contributed by atoms with Gasteiger partial charge < -0.3 is 9.64 Å². The topological polar surface area (TPSA) is 46.6 Å². The predicted molar refractivity (Wildman–Crippen MR) is 105 cm³/mol. The third kappa shape index (κ3) is 2.97. The fourth-order valence-corrected chi connectivity index (χ4v) is 5.53. The van der Waals surface area contributed by atoms with Crippen molar-refractivity contribution >= 4 is 11.7 Å². The van der Waals surface area contributed by atoms with Gasteiger partial charge in [-0.1, -0.05) is 37.8 Å². The summed E-state index contributed by atoms with van der Waals surface area (Å²) in [6, 6.07) is 0. The summed E-state index contributed by atoms with van der Waals surface area (Å²) in [6.07, 6.45) is 16.7. The summed E-state index contributed by atoms with van der Waals surface area (Å²) in [5, 5.41) is 0. The summed E-state index contributed by atoms with van der Waals surface area (Å²) in [5.41, 5.74) is -0.605. The minimum atomic E-state index is -0.566. The number of Topliss-reactive ketones (excluding diaryl/α,β-unsaturated/α-hetero) is 1. The van der Waals surface area contributed by atoms with Gasteiger partial charge in [-0.2, -0.15) is 0 Å². The number of likely N-dealkylation sites (tertiary alicyclic amines) is 1. The van der Waals surface area contributed by atoms with Gasteiger partial charge in [-0.3, -0.25) is 9.59 Å². The number of amides is 1. The van der Waals surface area contributed by atoms with E-state index >= 15 is 0 Å². The highest BCUT2D eigenvalue weighted by atomic mass is 16.5. The first-order valence-electron chi connectivity index (χ1n) is 10.5. The molecule has 2 saturated carbocycles. The van der Waals surface area contributed by atoms with E-state index < -0.39 is 11.5 Å². The standard InChI is InChI=1S/C23H31NO3/c1-3-4-9-19-20(25)23(12-7-5-6-8-13-23)24(21(19)26)16-22-14-17(22)10-11-18(15-22)27-2/h3,10-11,15,17,19H,1,4-9,12-14,16H2,2H3. The van der Waals surface area contributed by atoms with Gasteiger partial charge in [-0.15, -0.1) is 6.58 Å². The normalized spacial score (nSPS) is 34.3. The largest absolute Gasteiger partial charge is 0.497 e. The first-order valence-corrected chi connectivity index (χ1v) is 10.5. The van der Waals surface area contributed by atoms with Crippen molar-refractivity contribution in [3.05, 3.63) is 36.6 Å². The minimum Gasteiger partial charge on any atom is -0.497 e. The number of nitrogens with zero attached hydrogens (tertiary/aromatic N) is 1. The predicted octanol–water partition coefficient (Wildman–Crippen LogP) is 4.18. The molecule has 3 unspecified atom stereocenters. The Morgan fingerprint density at radius 3 is 2.67 bits per heavy atom. The molecule has 4 aliphatic rings. The summed E-state index contributed by atoms with van der Waals surface area (Å²) in [6.45, 7) is 4.43. The molecule has 27 heavy (non-hydrogen) atoms. The summed E-state index contributed by atoms with van der Waals surface area (Å²) in [4.78, 5) is 28.9. The average molecular weight is 370 g/mol. The van der Waals surface area contributed by atoms with Crippen LogP contribution in [0.1, 0.15) is 57.8 Å². The molecule has 3 aliphatic carbocycles. The number of methoxy groups -OCH3 is 1. The second-order valence-electron chi connectivity index (χ2n) is 8.81. The maximum Gasteiger partial charge on any atom is 0.234 e. The Hall–Kier alpha value is -1.84. The van der Waals surface area contributed by atoms with Crippen molar-refractivity contribution < 1.29 is 14.3 Å². The fraction of sp³-hybridized carbons (Fsp3) is 0.652. The third-order valence-corrected chi connectivity index (χ3v) is 7.24. The van der Waals surface area contributed by atoms with Gasteiger partial charge in [0.25, 0.3) is 0 Å². The average Bonchev–Trinajstić information content (AvgIpc) is 3.41. The number of hydrogen-bond donors (Lipinski definition) is 0. The number of carbonyl (C=O) groups excluding carboxylic acids is 2. The number of carbonyl (C=O) groups is 2. The highest BCUT2D eigenvalue weighted by Crippen LogP contribution is 2.59. The van der Waals surface area contributed by atoms with Gasteiger partial charge in [0, 0.05) is 12.0 Å². The van der Waals surface area contributed by atoms with Crippen LogP contribution in [0.3, 0.4) is 0 Å². The van der Waals surface area contributed by atoms with Crippen molar-refractivity contribution in [3.8, 4) is 0 Å². The first kappa shape index (κ1) is 18.5. The van der Waals surface area contributed by atoms with Gasteiger partial charge in [0.05, 0.1) is 13.0 Å². The van der Waals surface area contributed by atoms with E-state index in [4.69, 9.17) is 4.74 Å². The van der Waals surface area contributed by atoms with Crippen molar-refractivity contribution in [2.24, 2.45) is 17.3 Å². The molecule has 0 bridgehead atoms. The Labute approximate surface area is 162 Å². The highest BCUT2D eigenvalue weighted by molar-refractivity contribution is 6.13. The van der Waals surface area contributed by atoms with Crippen LogP contribution in [0.5, 0.6) is 0 Å². The number of fused-ring (bicyclic) bond motifs is 1. The molecule has 1 spiro atoms. The van der Waals surface area contributed by atoms with Crippen LogP contribution < -0.4 is 0 Å². The fourth-order valence-electron chi connectivity index (χ4n) is 5.53. The third-order valence-electron chi connectivity index (χ3n) is 7.24. The van der Waals surface area contributed by atoms with Crippen LogP contribution in [0, 0.1) is 17.3 Å². The SMILES string of the molecule is C=CCCC1C(=O)N(CC23C=C(OC)C=CC2C3)C2(CCCCCC2)C1=O. The molecule has 1 saturated heterocycles. The number of allylic oxidation sites excluding steroid dienone is 3. The minimum absolute atomic E-state index is 0.0390. The van der Waals surface area contributed by atoms with Crippen molar-refractivity contribution in [3.63, 3.8) is 0 Å². The molecule has 0 radical (unpaired) electrons. The Balaban J connectivity index is 1.65. The van der Waals surface area contributed by atoms with Crippen LogP contribution in [-0.2, 0) is 14.3 Å². The molecule has 4 rings (SSSR count). The van der Waals surface area contributed by atoms with E-state index in [1.165, 1.54) is 12.8 Å². The van der Waals surface area contributed by atoms with Gasteiger partial charge in [-0.25, -0.2) is 0 Å². The van der Waals surface area contributed by atoms with Gasteiger partial charge in [0.15, 0.2) is 5.78 Å². The molecular formula is C23H31NO3. The van der Waals surface area contributed by atoms with E-state index in [9.17, 15) is 9.59 Å². The lowest BCUT2D eigenvalue weighted by atomic mass is 9.82. The Morgan fingerprint density at radius 1 is 1.26 bits per heavy atom. The smallest absolute Gasteiger partial charge is 0.234 e. The molecule has 1 aliphatic heterocycles. The van der Waals surface area contributed by atoms with E-state index in [1.54, 1.807) is 7.11 Å². The second kappa shape index (κ2) is 6.96. The molecule has 4 nitrogen and oxygen atoms in total. The molecule has 1 heterocycles. The lowest BCUT2D eigenvalue weighted by Gasteiger charge is -2.38. The van der Waals surface area contributed by atoms with Crippen LogP contribution in [0.2, 0.25) is 0 Å². The molecule has 146 valence electrons. The highest BCUT2D eigenvalue weighted by Gasteiger charge is 2.62. The lowest BCUT2D eigenvalue weighted by molar-refractivity contribution is -0.135. The molecule has 0 aromatic carbocycles. The molecule has 4 heteroatoms. The Bertz CT molecular complexity index is 698. The zero-order chi connectivity index (χ0) is 19.1. The molecule has 0 N–H and O–H groups in total. The molecule has 1 amide bonds. The van der Waals surface area contributed by atoms with E-state index in [0.717, 1.165) is 44.3 Å². The van der Waals surface area contributed by atoms with Crippen LogP contribution in [0.4, 0.5) is 0 Å². The first-order chi connectivity index (χ1) is 13.1. The molecule has 0 aromatic heterocycles. The maximum atomic E-state index is 13.5. The van der Waals surface area contributed by atoms with Gasteiger partial charge >= 0.3 is 0 Å². The van der Waals surface area contributed by atoms with Crippen molar-refractivity contribution in [2.75, 3.05) is 13.7 Å². The van der Waals surface area contributed by atoms with E-state index in [1.807, 2.05) is 17.1 Å². The van der Waals surface area contributed by atoms with Crippen LogP contribution in [-0.4, -0.2) is 35.8 Å². The maximum absolute atomic E-state index is 13.5. The zero-order valence-corrected chi connectivity index (χ0v) is 16.4. The Kier molecular flexibility index (Phi) is 4.77. The van der Waals surface area contributed by atoms with E-state index in [0.29, 0.717) is 18.9 Å². The van der Waals surface area contributed by atoms with Crippen molar-refractivity contribution in [1.29, 1.82) is 0 Å². The molecule has 3 fully saturated rings. The van der Waals surface area contributed by atoms with Crippen molar-refractivity contribution in [2.45, 2.75) is 63.3 Å². The summed E-state index contributed by atoms with van der Waals surface area (Å²) >= 11 is 0. The molecule has 3 atom stereocenters. The quantitative estimate of drug-likeness (QED) is 0.521. The number of ketones is 1. The monoisotopic (exact) mass is 369 g/mol. The van der Waals surface area contributed by atoms with Gasteiger partial charge in [0.1, 0.15) is 11.3 Å². The molecular weight excluding hydrogens is 338 g/mol. The molecule has 0 aromatic rings. The summed E-state index contributed by atoms with van der Waals surface area (Å²) in [5.74, 6) is 1.12. The second-order valence-corrected chi connectivity index (χ2v) is 8.81. The van der Waals surface area contributed by atoms with Crippen LogP contribution in [0.25, 0.3) is 0 Å². The van der Waals surface area contributed by atoms with Crippen molar-refractivity contribution in [1.82, 2.24) is 4.90 Å². The summed E-state index contributed by atoms with van der Waals surface area (Å²) in [7, 11) is 1.69. The summed E-state index contributed by atoms with van der Waals surface area (Å²) < 4.78 is 5.45. The van der Waals surface area contributed by atoms with E-state index in [-0.39, 0.29) is 17.1 Å². The number of ether oxygens (including phenoxy) is 1. The van der Waals surface area contributed by atoms with Crippen LogP contribution in [0.15, 0.2) is 36.6 Å². The number of rotatable bonds is 6. The van der Waals surface area contributed by atoms with Gasteiger partial charge in [-0.05, 0) is 50.2 Å². The Morgan fingerprint density at radius 2 is 2.00 bits per heavy atom. The zero-order valence-electron chi connectivity index (χ0n) is 16.4. The van der Waals surface area contributed by atoms with Crippen LogP contribution >= 0.6 is 0 Å².